The third kappa shape index (κ3) is 8.01. The summed E-state index contributed by atoms with van der Waals surface area (Å²) >= 11 is 1.59. The molecule has 0 saturated heterocycles. The number of carbonyl (C=O) groups excluding carboxylic acids is 3. The van der Waals surface area contributed by atoms with Gasteiger partial charge in [-0.3, -0.25) is 9.59 Å². The van der Waals surface area contributed by atoms with Crippen LogP contribution in [0.3, 0.4) is 0 Å². The number of nitrogens with zero attached hydrogens (tertiary/aromatic N) is 1. The highest BCUT2D eigenvalue weighted by Gasteiger charge is 2.16. The lowest BCUT2D eigenvalue weighted by Gasteiger charge is -2.07. The predicted molar refractivity (Wildman–Crippen MR) is 131 cm³/mol. The first-order valence-corrected chi connectivity index (χ1v) is 11.6. The van der Waals surface area contributed by atoms with E-state index in [4.69, 9.17) is 4.74 Å². The number of ketones is 1. The van der Waals surface area contributed by atoms with Crippen LogP contribution in [0.2, 0.25) is 0 Å². The average molecular weight is 476 g/mol. The lowest BCUT2D eigenvalue weighted by molar-refractivity contribution is -0.142. The molecule has 0 saturated carbocycles. The first-order valence-electron chi connectivity index (χ1n) is 10.7. The number of ether oxygens (including phenoxy) is 1. The zero-order valence-electron chi connectivity index (χ0n) is 19.0. The van der Waals surface area contributed by atoms with Crippen molar-refractivity contribution in [1.29, 1.82) is 0 Å². The van der Waals surface area contributed by atoms with E-state index in [2.05, 4.69) is 46.4 Å². The number of oxime groups is 1. The van der Waals surface area contributed by atoms with Gasteiger partial charge in [0.15, 0.2) is 0 Å². The standard InChI is InChI=1S/C27H25NO5S/c1-19(29)32-17-16-26(28-33-20(2)30)27(31)23-10-14-25(15-11-23)34-24-12-8-22(9-13-24)18-21-6-4-3-5-7-21/h3-15H,16-18H2,1-2H3/b28-26+. The first-order chi connectivity index (χ1) is 16.4. The Morgan fingerprint density at radius 3 is 1.94 bits per heavy atom. The van der Waals surface area contributed by atoms with Gasteiger partial charge in [-0.1, -0.05) is 59.4 Å². The second kappa shape index (κ2) is 12.5. The zero-order chi connectivity index (χ0) is 24.3. The largest absolute Gasteiger partial charge is 0.465 e. The van der Waals surface area contributed by atoms with Gasteiger partial charge in [0.1, 0.15) is 5.71 Å². The summed E-state index contributed by atoms with van der Waals surface area (Å²) in [6, 6.07) is 25.8. The average Bonchev–Trinajstić information content (AvgIpc) is 2.83. The molecule has 6 nitrogen and oxygen atoms in total. The van der Waals surface area contributed by atoms with E-state index in [1.54, 1.807) is 23.9 Å². The molecule has 0 heterocycles. The maximum absolute atomic E-state index is 12.8. The van der Waals surface area contributed by atoms with Crippen LogP contribution in [0.1, 0.15) is 41.8 Å². The Morgan fingerprint density at radius 2 is 1.35 bits per heavy atom. The number of esters is 1. The van der Waals surface area contributed by atoms with Crippen LogP contribution >= 0.6 is 11.8 Å². The molecule has 0 bridgehead atoms. The van der Waals surface area contributed by atoms with E-state index in [1.807, 2.05) is 30.3 Å². The summed E-state index contributed by atoms with van der Waals surface area (Å²) in [5, 5.41) is 3.65. The Labute approximate surface area is 203 Å². The van der Waals surface area contributed by atoms with Crippen molar-refractivity contribution in [3.05, 3.63) is 95.6 Å². The zero-order valence-corrected chi connectivity index (χ0v) is 19.8. The van der Waals surface area contributed by atoms with Crippen LogP contribution in [0.25, 0.3) is 0 Å². The van der Waals surface area contributed by atoms with E-state index >= 15 is 0 Å². The summed E-state index contributed by atoms with van der Waals surface area (Å²) < 4.78 is 4.88. The molecule has 174 valence electrons. The minimum Gasteiger partial charge on any atom is -0.465 e. The summed E-state index contributed by atoms with van der Waals surface area (Å²) in [7, 11) is 0. The molecule has 34 heavy (non-hydrogen) atoms. The van der Waals surface area contributed by atoms with Gasteiger partial charge < -0.3 is 9.57 Å². The summed E-state index contributed by atoms with van der Waals surface area (Å²) in [4.78, 5) is 41.6. The molecule has 0 unspecified atom stereocenters. The van der Waals surface area contributed by atoms with Crippen molar-refractivity contribution in [2.45, 2.75) is 36.5 Å². The molecule has 0 aliphatic rings. The molecular formula is C27H25NO5S. The summed E-state index contributed by atoms with van der Waals surface area (Å²) in [5.74, 6) is -1.50. The fourth-order valence-corrected chi connectivity index (χ4v) is 3.91. The molecule has 0 radical (unpaired) electrons. The van der Waals surface area contributed by atoms with Crippen molar-refractivity contribution in [2.24, 2.45) is 5.16 Å². The molecule has 0 spiro atoms. The second-order valence-electron chi connectivity index (χ2n) is 7.47. The molecule has 0 aliphatic heterocycles. The van der Waals surface area contributed by atoms with Crippen molar-refractivity contribution in [1.82, 2.24) is 0 Å². The highest BCUT2D eigenvalue weighted by molar-refractivity contribution is 7.99. The van der Waals surface area contributed by atoms with Crippen LogP contribution in [-0.4, -0.2) is 30.0 Å². The van der Waals surface area contributed by atoms with Crippen molar-refractivity contribution in [2.75, 3.05) is 6.61 Å². The van der Waals surface area contributed by atoms with Gasteiger partial charge >= 0.3 is 11.9 Å². The van der Waals surface area contributed by atoms with Crippen LogP contribution in [0, 0.1) is 0 Å². The van der Waals surface area contributed by atoms with Crippen molar-refractivity contribution >= 4 is 35.2 Å². The highest BCUT2D eigenvalue weighted by Crippen LogP contribution is 2.28. The van der Waals surface area contributed by atoms with Gasteiger partial charge in [-0.25, -0.2) is 4.79 Å². The van der Waals surface area contributed by atoms with E-state index in [0.29, 0.717) is 5.56 Å². The van der Waals surface area contributed by atoms with Gasteiger partial charge in [-0.05, 0) is 53.9 Å². The quantitative estimate of drug-likeness (QED) is 0.127. The third-order valence-electron chi connectivity index (χ3n) is 4.72. The molecule has 3 aromatic rings. The summed E-state index contributed by atoms with van der Waals surface area (Å²) in [6.07, 6.45) is 0.925. The minimum atomic E-state index is -0.640. The van der Waals surface area contributed by atoms with E-state index < -0.39 is 17.7 Å². The maximum Gasteiger partial charge on any atom is 0.331 e. The molecule has 3 aromatic carbocycles. The van der Waals surface area contributed by atoms with Gasteiger partial charge in [-0.2, -0.15) is 0 Å². The van der Waals surface area contributed by atoms with Gasteiger partial charge in [0, 0.05) is 35.6 Å². The number of hydrogen-bond acceptors (Lipinski definition) is 7. The van der Waals surface area contributed by atoms with Crippen LogP contribution < -0.4 is 0 Å². The molecule has 0 aromatic heterocycles. The lowest BCUT2D eigenvalue weighted by Crippen LogP contribution is -2.18. The Balaban J connectivity index is 1.63. The number of benzene rings is 3. The van der Waals surface area contributed by atoms with Gasteiger partial charge in [0.05, 0.1) is 6.61 Å². The normalized spacial score (nSPS) is 11.1. The Morgan fingerprint density at radius 1 is 0.765 bits per heavy atom. The molecule has 7 heteroatoms. The van der Waals surface area contributed by atoms with Crippen molar-refractivity contribution < 1.29 is 24.0 Å². The van der Waals surface area contributed by atoms with Crippen LogP contribution in [0.5, 0.6) is 0 Å². The summed E-state index contributed by atoms with van der Waals surface area (Å²) in [5.41, 5.74) is 2.92. The molecule has 0 atom stereocenters. The SMILES string of the molecule is CC(=O)OCC/C(=N\OC(C)=O)C(=O)c1ccc(Sc2ccc(Cc3ccccc3)cc2)cc1. The smallest absolute Gasteiger partial charge is 0.331 e. The van der Waals surface area contributed by atoms with E-state index in [0.717, 1.165) is 16.2 Å². The van der Waals surface area contributed by atoms with Crippen LogP contribution in [0.15, 0.2) is 93.8 Å². The monoisotopic (exact) mass is 475 g/mol. The van der Waals surface area contributed by atoms with Crippen LogP contribution in [0.4, 0.5) is 0 Å². The number of hydrogen-bond donors (Lipinski definition) is 0. The first kappa shape index (κ1) is 24.9. The van der Waals surface area contributed by atoms with Crippen molar-refractivity contribution in [3.63, 3.8) is 0 Å². The topological polar surface area (TPSA) is 82.0 Å². The van der Waals surface area contributed by atoms with E-state index in [9.17, 15) is 14.4 Å². The third-order valence-corrected chi connectivity index (χ3v) is 5.73. The predicted octanol–water partition coefficient (Wildman–Crippen LogP) is 5.48. The second-order valence-corrected chi connectivity index (χ2v) is 8.62. The fraction of sp³-hybridized carbons (Fsp3) is 0.185. The van der Waals surface area contributed by atoms with Gasteiger partial charge in [0.2, 0.25) is 5.78 Å². The molecule has 0 amide bonds. The molecular weight excluding hydrogens is 450 g/mol. The molecule has 0 aliphatic carbocycles. The van der Waals surface area contributed by atoms with E-state index in [-0.39, 0.29) is 18.7 Å². The van der Waals surface area contributed by atoms with Crippen LogP contribution in [-0.2, 0) is 25.6 Å². The number of rotatable bonds is 10. The Bertz CT molecular complexity index is 1160. The van der Waals surface area contributed by atoms with Crippen molar-refractivity contribution in [3.8, 4) is 0 Å². The molecule has 0 N–H and O–H groups in total. The van der Waals surface area contributed by atoms with Gasteiger partial charge in [-0.15, -0.1) is 0 Å². The number of Topliss-reactive ketones (excluding diaryl/α,β-unsaturated/α-hetero) is 1. The molecule has 3 rings (SSSR count). The Kier molecular flexibility index (Phi) is 9.17. The minimum absolute atomic E-state index is 0.00542. The molecule has 0 fully saturated rings. The van der Waals surface area contributed by atoms with Gasteiger partial charge in [0.25, 0.3) is 0 Å². The van der Waals surface area contributed by atoms with E-state index in [1.165, 1.54) is 25.0 Å². The maximum atomic E-state index is 12.8. The highest BCUT2D eigenvalue weighted by atomic mass is 32.2. The fourth-order valence-electron chi connectivity index (χ4n) is 3.10. The lowest BCUT2D eigenvalue weighted by atomic mass is 10.1. The Hall–Kier alpha value is -3.71. The number of carbonyl (C=O) groups is 3. The summed E-state index contributed by atoms with van der Waals surface area (Å²) in [6.45, 7) is 2.44.